The lowest BCUT2D eigenvalue weighted by Gasteiger charge is -2.45. The Kier molecular flexibility index (Phi) is 6.51. The lowest BCUT2D eigenvalue weighted by molar-refractivity contribution is -0.130. The van der Waals surface area contributed by atoms with Crippen LogP contribution in [0, 0.1) is 17.2 Å². The molecule has 5 rings (SSSR count). The van der Waals surface area contributed by atoms with Crippen LogP contribution in [0.15, 0.2) is 54.6 Å². The number of piperidine rings is 1. The molecule has 2 aliphatic heterocycles. The van der Waals surface area contributed by atoms with Crippen LogP contribution in [0.3, 0.4) is 0 Å². The van der Waals surface area contributed by atoms with Crippen molar-refractivity contribution in [3.8, 4) is 6.07 Å². The Morgan fingerprint density at radius 2 is 1.67 bits per heavy atom. The summed E-state index contributed by atoms with van der Waals surface area (Å²) in [6, 6.07) is 21.4. The topological polar surface area (TPSA) is 56.1 Å². The largest absolute Gasteiger partial charge is 0.380 e. The molecule has 1 N–H and O–H groups in total. The second kappa shape index (κ2) is 9.69. The number of fused-ring (bicyclic) bond motifs is 1. The van der Waals surface area contributed by atoms with E-state index < -0.39 is 5.41 Å². The Balaban J connectivity index is 1.38. The van der Waals surface area contributed by atoms with Gasteiger partial charge in [0.25, 0.3) is 0 Å². The number of carbonyl (C=O) groups excluding carboxylic acids is 1. The quantitative estimate of drug-likeness (QED) is 0.667. The molecule has 2 aromatic carbocycles. The highest BCUT2D eigenvalue weighted by Crippen LogP contribution is 2.38. The van der Waals surface area contributed by atoms with Gasteiger partial charge in [0.05, 0.1) is 17.5 Å². The van der Waals surface area contributed by atoms with Crippen molar-refractivity contribution >= 4 is 11.5 Å². The molecule has 1 saturated heterocycles. The van der Waals surface area contributed by atoms with E-state index in [2.05, 4.69) is 52.7 Å². The maximum absolute atomic E-state index is 14.0. The second-order valence-electron chi connectivity index (χ2n) is 10.2. The van der Waals surface area contributed by atoms with Gasteiger partial charge in [-0.1, -0.05) is 67.8 Å². The number of Topliss-reactive ketones (excluding diaryl/α,β-unsaturated/α-hetero) is 1. The fourth-order valence-electron chi connectivity index (χ4n) is 6.37. The van der Waals surface area contributed by atoms with Crippen molar-refractivity contribution in [1.82, 2.24) is 4.90 Å². The second-order valence-corrected chi connectivity index (χ2v) is 10.2. The first-order chi connectivity index (χ1) is 16.2. The summed E-state index contributed by atoms with van der Waals surface area (Å²) in [5, 5.41) is 13.9. The van der Waals surface area contributed by atoms with E-state index in [1.807, 2.05) is 18.2 Å². The van der Waals surface area contributed by atoms with E-state index >= 15 is 0 Å². The number of likely N-dealkylation sites (tertiary alicyclic amines) is 1. The van der Waals surface area contributed by atoms with E-state index in [-0.39, 0.29) is 18.0 Å². The van der Waals surface area contributed by atoms with E-state index in [1.54, 1.807) is 0 Å². The van der Waals surface area contributed by atoms with Crippen LogP contribution < -0.4 is 5.32 Å². The molecule has 0 amide bonds. The number of anilines is 1. The summed E-state index contributed by atoms with van der Waals surface area (Å²) >= 11 is 0. The van der Waals surface area contributed by atoms with Crippen molar-refractivity contribution in [3.05, 3.63) is 65.7 Å². The summed E-state index contributed by atoms with van der Waals surface area (Å²) in [6.45, 7) is 1.59. The van der Waals surface area contributed by atoms with Crippen molar-refractivity contribution < 1.29 is 4.79 Å². The summed E-state index contributed by atoms with van der Waals surface area (Å²) in [7, 11) is 0. The van der Waals surface area contributed by atoms with Crippen LogP contribution in [-0.2, 0) is 16.6 Å². The predicted octanol–water partition coefficient (Wildman–Crippen LogP) is 5.49. The Bertz CT molecular complexity index is 997. The zero-order valence-corrected chi connectivity index (χ0v) is 19.5. The van der Waals surface area contributed by atoms with Crippen molar-refractivity contribution in [3.63, 3.8) is 0 Å². The van der Waals surface area contributed by atoms with E-state index in [0.29, 0.717) is 5.78 Å². The molecule has 0 bridgehead atoms. The van der Waals surface area contributed by atoms with Crippen molar-refractivity contribution in [1.29, 1.82) is 5.26 Å². The molecule has 2 aromatic rings. The number of ketones is 1. The molecule has 2 fully saturated rings. The molecule has 2 unspecified atom stereocenters. The van der Waals surface area contributed by atoms with Gasteiger partial charge < -0.3 is 5.32 Å². The molecular weight excluding hydrogens is 406 g/mol. The fraction of sp³-hybridized carbons (Fsp3) is 0.517. The Labute approximate surface area is 198 Å². The number of nitrogens with zero attached hydrogens (tertiary/aromatic N) is 2. The third-order valence-corrected chi connectivity index (χ3v) is 8.35. The molecule has 2 heterocycles. The molecule has 4 nitrogen and oxygen atoms in total. The van der Waals surface area contributed by atoms with Crippen molar-refractivity contribution in [2.75, 3.05) is 18.4 Å². The highest BCUT2D eigenvalue weighted by Gasteiger charge is 2.44. The molecule has 4 heteroatoms. The standard InChI is InChI=1S/C29H35N3O/c30-21-29(24-12-5-2-6-13-24)17-19-32(20-18-29)27(28(33)23-10-3-1-4-11-23)26-16-15-22-9-7-8-14-25(22)31-26/h2,5-9,12-14,23,26-27,31H,1,3-4,10-11,15-20H2. The van der Waals surface area contributed by atoms with Crippen LogP contribution in [0.2, 0.25) is 0 Å². The van der Waals surface area contributed by atoms with Crippen LogP contribution >= 0.6 is 0 Å². The predicted molar refractivity (Wildman–Crippen MR) is 132 cm³/mol. The minimum Gasteiger partial charge on any atom is -0.380 e. The molecule has 2 atom stereocenters. The molecule has 1 aliphatic carbocycles. The van der Waals surface area contributed by atoms with E-state index in [4.69, 9.17) is 0 Å². The average Bonchev–Trinajstić information content (AvgIpc) is 2.90. The molecule has 172 valence electrons. The first-order valence-electron chi connectivity index (χ1n) is 12.8. The highest BCUT2D eigenvalue weighted by atomic mass is 16.1. The van der Waals surface area contributed by atoms with Crippen molar-refractivity contribution in [2.24, 2.45) is 5.92 Å². The number of hydrogen-bond acceptors (Lipinski definition) is 4. The number of nitrogens with one attached hydrogen (secondary N) is 1. The average molecular weight is 442 g/mol. The van der Waals surface area contributed by atoms with E-state index in [9.17, 15) is 10.1 Å². The SMILES string of the molecule is N#CC1(c2ccccc2)CCN(C(C(=O)C2CCCCC2)C2CCc3ccccc3N2)CC1. The number of hydrogen-bond donors (Lipinski definition) is 1. The highest BCUT2D eigenvalue weighted by molar-refractivity contribution is 5.88. The zero-order valence-electron chi connectivity index (χ0n) is 19.5. The Morgan fingerprint density at radius 3 is 2.39 bits per heavy atom. The van der Waals surface area contributed by atoms with Crippen LogP contribution in [0.1, 0.15) is 62.5 Å². The number of para-hydroxylation sites is 1. The summed E-state index contributed by atoms with van der Waals surface area (Å²) in [5.74, 6) is 0.634. The first kappa shape index (κ1) is 22.2. The summed E-state index contributed by atoms with van der Waals surface area (Å²) in [4.78, 5) is 16.4. The van der Waals surface area contributed by atoms with Crippen LogP contribution in [0.25, 0.3) is 0 Å². The maximum atomic E-state index is 14.0. The molecule has 0 radical (unpaired) electrons. The summed E-state index contributed by atoms with van der Waals surface area (Å²) in [6.07, 6.45) is 9.26. The minimum absolute atomic E-state index is 0.103. The third kappa shape index (κ3) is 4.44. The molecular formula is C29H35N3O. The van der Waals surface area contributed by atoms with Crippen LogP contribution in [-0.4, -0.2) is 35.9 Å². The van der Waals surface area contributed by atoms with Gasteiger partial charge in [-0.25, -0.2) is 0 Å². The molecule has 0 spiro atoms. The van der Waals surface area contributed by atoms with Gasteiger partial charge >= 0.3 is 0 Å². The number of aryl methyl sites for hydroxylation is 1. The van der Waals surface area contributed by atoms with Crippen LogP contribution in [0.5, 0.6) is 0 Å². The smallest absolute Gasteiger partial charge is 0.155 e. The Hall–Kier alpha value is -2.64. The van der Waals surface area contributed by atoms with E-state index in [0.717, 1.165) is 57.2 Å². The van der Waals surface area contributed by atoms with E-state index in [1.165, 1.54) is 30.5 Å². The van der Waals surface area contributed by atoms with Gasteiger partial charge in [0.15, 0.2) is 5.78 Å². The monoisotopic (exact) mass is 441 g/mol. The number of rotatable bonds is 5. The molecule has 1 saturated carbocycles. The van der Waals surface area contributed by atoms with Gasteiger partial charge in [-0.05, 0) is 55.7 Å². The van der Waals surface area contributed by atoms with Crippen LogP contribution in [0.4, 0.5) is 5.69 Å². The number of nitriles is 1. The minimum atomic E-state index is -0.442. The maximum Gasteiger partial charge on any atom is 0.155 e. The van der Waals surface area contributed by atoms with Gasteiger partial charge in [0, 0.05) is 30.7 Å². The van der Waals surface area contributed by atoms with Crippen molar-refractivity contribution in [2.45, 2.75) is 75.3 Å². The lowest BCUT2D eigenvalue weighted by atomic mass is 9.73. The van der Waals surface area contributed by atoms with Gasteiger partial charge in [-0.3, -0.25) is 9.69 Å². The van der Waals surface area contributed by atoms with Gasteiger partial charge in [0.1, 0.15) is 0 Å². The summed E-state index contributed by atoms with van der Waals surface area (Å²) in [5.41, 5.74) is 3.21. The first-order valence-corrected chi connectivity index (χ1v) is 12.8. The molecule has 3 aliphatic rings. The molecule has 0 aromatic heterocycles. The normalized spacial score (nSPS) is 24.2. The third-order valence-electron chi connectivity index (χ3n) is 8.35. The fourth-order valence-corrected chi connectivity index (χ4v) is 6.37. The summed E-state index contributed by atoms with van der Waals surface area (Å²) < 4.78 is 0. The van der Waals surface area contributed by atoms with Gasteiger partial charge in [-0.15, -0.1) is 0 Å². The number of carbonyl (C=O) groups is 1. The van der Waals surface area contributed by atoms with Gasteiger partial charge in [-0.2, -0.15) is 5.26 Å². The lowest BCUT2D eigenvalue weighted by Crippen LogP contribution is -2.58. The molecule has 33 heavy (non-hydrogen) atoms. The zero-order chi connectivity index (χ0) is 22.7. The number of benzene rings is 2. The van der Waals surface area contributed by atoms with Gasteiger partial charge in [0.2, 0.25) is 0 Å². The Morgan fingerprint density at radius 1 is 0.970 bits per heavy atom.